The van der Waals surface area contributed by atoms with Crippen molar-refractivity contribution in [1.29, 1.82) is 0 Å². The van der Waals surface area contributed by atoms with Gasteiger partial charge in [-0.15, -0.1) is 0 Å². The van der Waals surface area contributed by atoms with E-state index in [1.807, 2.05) is 30.8 Å². The Morgan fingerprint density at radius 2 is 2.11 bits per heavy atom. The zero-order chi connectivity index (χ0) is 13.7. The Morgan fingerprint density at radius 3 is 2.79 bits per heavy atom. The molecule has 0 aromatic carbocycles. The molecule has 2 N–H and O–H groups in total. The Bertz CT molecular complexity index is 514. The molecule has 2 heterocycles. The molecule has 0 amide bonds. The summed E-state index contributed by atoms with van der Waals surface area (Å²) in [6.07, 6.45) is 3.65. The molecule has 1 unspecified atom stereocenters. The second-order valence-corrected chi connectivity index (χ2v) is 4.39. The summed E-state index contributed by atoms with van der Waals surface area (Å²) in [5, 5.41) is 10.5. The number of halogens is 1. The van der Waals surface area contributed by atoms with Crippen LogP contribution in [0, 0.1) is 0 Å². The van der Waals surface area contributed by atoms with Gasteiger partial charge in [0, 0.05) is 25.0 Å². The zero-order valence-corrected chi connectivity index (χ0v) is 11.6. The van der Waals surface area contributed by atoms with Crippen molar-refractivity contribution in [3.63, 3.8) is 0 Å². The van der Waals surface area contributed by atoms with E-state index in [2.05, 4.69) is 30.7 Å². The molecule has 2 aromatic rings. The van der Waals surface area contributed by atoms with Crippen molar-refractivity contribution in [2.75, 3.05) is 17.2 Å². The number of anilines is 2. The SMILES string of the molecule is CCNc1nc(Cl)nc(NC(C)Cn2cccn2)n1. The van der Waals surface area contributed by atoms with Crippen LogP contribution in [-0.4, -0.2) is 37.3 Å². The van der Waals surface area contributed by atoms with E-state index >= 15 is 0 Å². The average molecular weight is 282 g/mol. The minimum Gasteiger partial charge on any atom is -0.354 e. The van der Waals surface area contributed by atoms with Gasteiger partial charge in [-0.2, -0.15) is 20.1 Å². The Hall–Kier alpha value is -1.89. The van der Waals surface area contributed by atoms with Crippen molar-refractivity contribution in [3.05, 3.63) is 23.7 Å². The van der Waals surface area contributed by atoms with Crippen molar-refractivity contribution < 1.29 is 0 Å². The van der Waals surface area contributed by atoms with E-state index in [-0.39, 0.29) is 11.3 Å². The van der Waals surface area contributed by atoms with Crippen molar-refractivity contribution in [2.45, 2.75) is 26.4 Å². The Balaban J connectivity index is 2.01. The second kappa shape index (κ2) is 6.33. The third kappa shape index (κ3) is 4.06. The van der Waals surface area contributed by atoms with E-state index in [0.29, 0.717) is 18.4 Å². The van der Waals surface area contributed by atoms with Crippen LogP contribution < -0.4 is 10.6 Å². The molecule has 0 saturated carbocycles. The lowest BCUT2D eigenvalue weighted by Crippen LogP contribution is -2.24. The summed E-state index contributed by atoms with van der Waals surface area (Å²) in [6, 6.07) is 2.00. The number of hydrogen-bond donors (Lipinski definition) is 2. The van der Waals surface area contributed by atoms with Gasteiger partial charge in [0.15, 0.2) is 0 Å². The van der Waals surface area contributed by atoms with E-state index in [0.717, 1.165) is 6.54 Å². The first-order chi connectivity index (χ1) is 9.17. The number of nitrogens with zero attached hydrogens (tertiary/aromatic N) is 5. The maximum atomic E-state index is 5.85. The van der Waals surface area contributed by atoms with Gasteiger partial charge in [0.1, 0.15) is 0 Å². The van der Waals surface area contributed by atoms with Gasteiger partial charge in [0.2, 0.25) is 17.2 Å². The lowest BCUT2D eigenvalue weighted by Gasteiger charge is -2.14. The van der Waals surface area contributed by atoms with Gasteiger partial charge in [-0.3, -0.25) is 4.68 Å². The molecule has 102 valence electrons. The molecule has 0 fully saturated rings. The normalized spacial score (nSPS) is 12.2. The lowest BCUT2D eigenvalue weighted by atomic mass is 10.3. The molecule has 8 heteroatoms. The summed E-state index contributed by atoms with van der Waals surface area (Å²) in [7, 11) is 0. The van der Waals surface area contributed by atoms with Gasteiger partial charge in [-0.25, -0.2) is 0 Å². The number of aromatic nitrogens is 5. The van der Waals surface area contributed by atoms with E-state index in [4.69, 9.17) is 11.6 Å². The zero-order valence-electron chi connectivity index (χ0n) is 10.8. The molecule has 0 aliphatic rings. The first-order valence-electron chi connectivity index (χ1n) is 6.06. The predicted octanol–water partition coefficient (Wildman–Crippen LogP) is 1.65. The molecule has 0 spiro atoms. The van der Waals surface area contributed by atoms with Gasteiger partial charge < -0.3 is 10.6 Å². The molecule has 2 aromatic heterocycles. The summed E-state index contributed by atoms with van der Waals surface area (Å²) in [5.74, 6) is 0.923. The summed E-state index contributed by atoms with van der Waals surface area (Å²) < 4.78 is 1.84. The van der Waals surface area contributed by atoms with Crippen LogP contribution in [0.15, 0.2) is 18.5 Å². The quantitative estimate of drug-likeness (QED) is 0.838. The molecule has 1 atom stereocenters. The number of nitrogens with one attached hydrogen (secondary N) is 2. The van der Waals surface area contributed by atoms with Crippen molar-refractivity contribution >= 4 is 23.5 Å². The maximum Gasteiger partial charge on any atom is 0.229 e. The van der Waals surface area contributed by atoms with Crippen LogP contribution in [0.1, 0.15) is 13.8 Å². The Labute approximate surface area is 116 Å². The fraction of sp³-hybridized carbons (Fsp3) is 0.455. The van der Waals surface area contributed by atoms with E-state index in [9.17, 15) is 0 Å². The summed E-state index contributed by atoms with van der Waals surface area (Å²) in [6.45, 7) is 5.42. The topological polar surface area (TPSA) is 80.5 Å². The molecule has 2 rings (SSSR count). The fourth-order valence-corrected chi connectivity index (χ4v) is 1.77. The minimum absolute atomic E-state index is 0.118. The monoisotopic (exact) mass is 281 g/mol. The minimum atomic E-state index is 0.118. The first kappa shape index (κ1) is 13.5. The van der Waals surface area contributed by atoms with Crippen LogP contribution in [0.25, 0.3) is 0 Å². The van der Waals surface area contributed by atoms with E-state index in [1.165, 1.54) is 0 Å². The summed E-state index contributed by atoms with van der Waals surface area (Å²) >= 11 is 5.85. The molecule has 0 aliphatic heterocycles. The van der Waals surface area contributed by atoms with Gasteiger partial charge in [0.05, 0.1) is 6.54 Å². The second-order valence-electron chi connectivity index (χ2n) is 4.06. The van der Waals surface area contributed by atoms with Gasteiger partial charge in [-0.1, -0.05) is 0 Å². The third-order valence-electron chi connectivity index (χ3n) is 2.34. The molecule has 0 radical (unpaired) electrons. The van der Waals surface area contributed by atoms with Gasteiger partial charge in [0.25, 0.3) is 0 Å². The van der Waals surface area contributed by atoms with E-state index in [1.54, 1.807) is 6.20 Å². The summed E-state index contributed by atoms with van der Waals surface area (Å²) in [4.78, 5) is 12.3. The molecular formula is C11H16ClN7. The highest BCUT2D eigenvalue weighted by molar-refractivity contribution is 6.28. The standard InChI is InChI=1S/C11H16ClN7/c1-3-13-10-16-9(12)17-11(18-10)15-8(2)7-19-6-4-5-14-19/h4-6,8H,3,7H2,1-2H3,(H2,13,15,16,17,18). The lowest BCUT2D eigenvalue weighted by molar-refractivity contribution is 0.558. The van der Waals surface area contributed by atoms with Crippen LogP contribution in [0.3, 0.4) is 0 Å². The van der Waals surface area contributed by atoms with Crippen molar-refractivity contribution in [2.24, 2.45) is 0 Å². The van der Waals surface area contributed by atoms with Crippen LogP contribution in [0.5, 0.6) is 0 Å². The van der Waals surface area contributed by atoms with Crippen LogP contribution in [0.2, 0.25) is 5.28 Å². The Kier molecular flexibility index (Phi) is 4.51. The van der Waals surface area contributed by atoms with Gasteiger partial charge in [-0.05, 0) is 31.5 Å². The average Bonchev–Trinajstić information content (AvgIpc) is 2.81. The molecule has 0 saturated heterocycles. The first-order valence-corrected chi connectivity index (χ1v) is 6.44. The number of hydrogen-bond acceptors (Lipinski definition) is 6. The largest absolute Gasteiger partial charge is 0.354 e. The predicted molar refractivity (Wildman–Crippen MR) is 74.3 cm³/mol. The highest BCUT2D eigenvalue weighted by atomic mass is 35.5. The highest BCUT2D eigenvalue weighted by Gasteiger charge is 2.08. The molecule has 19 heavy (non-hydrogen) atoms. The maximum absolute atomic E-state index is 5.85. The molecule has 0 aliphatic carbocycles. The smallest absolute Gasteiger partial charge is 0.229 e. The van der Waals surface area contributed by atoms with Crippen molar-refractivity contribution in [1.82, 2.24) is 24.7 Å². The fourth-order valence-electron chi connectivity index (χ4n) is 1.61. The van der Waals surface area contributed by atoms with Crippen LogP contribution in [0.4, 0.5) is 11.9 Å². The molecule has 0 bridgehead atoms. The van der Waals surface area contributed by atoms with E-state index < -0.39 is 0 Å². The highest BCUT2D eigenvalue weighted by Crippen LogP contribution is 2.10. The summed E-state index contributed by atoms with van der Waals surface area (Å²) in [5.41, 5.74) is 0. The van der Waals surface area contributed by atoms with Crippen LogP contribution in [-0.2, 0) is 6.54 Å². The third-order valence-corrected chi connectivity index (χ3v) is 2.51. The van der Waals surface area contributed by atoms with Crippen molar-refractivity contribution in [3.8, 4) is 0 Å². The van der Waals surface area contributed by atoms with Gasteiger partial charge >= 0.3 is 0 Å². The molecular weight excluding hydrogens is 266 g/mol. The number of rotatable bonds is 6. The Morgan fingerprint density at radius 1 is 1.32 bits per heavy atom. The van der Waals surface area contributed by atoms with Crippen LogP contribution >= 0.6 is 11.6 Å². The molecule has 7 nitrogen and oxygen atoms in total.